The molecular formula is C9H13N3O2S. The molecule has 0 radical (unpaired) electrons. The molecule has 5 N–H and O–H groups in total. The highest BCUT2D eigenvalue weighted by atomic mass is 32.2. The highest BCUT2D eigenvalue weighted by molar-refractivity contribution is 7.99. The third-order valence-corrected chi connectivity index (χ3v) is 2.60. The van der Waals surface area contributed by atoms with E-state index in [0.29, 0.717) is 17.9 Å². The van der Waals surface area contributed by atoms with Crippen LogP contribution in [0.4, 0.5) is 5.69 Å². The van der Waals surface area contributed by atoms with Gasteiger partial charge in [0.2, 0.25) is 0 Å². The fraction of sp³-hybridized carbons (Fsp3) is 0.222. The van der Waals surface area contributed by atoms with Gasteiger partial charge in [0.1, 0.15) is 0 Å². The minimum Gasteiger partial charge on any atom is -0.399 e. The summed E-state index contributed by atoms with van der Waals surface area (Å²) in [5, 5.41) is 0. The van der Waals surface area contributed by atoms with Gasteiger partial charge in [-0.25, -0.2) is 5.84 Å². The Morgan fingerprint density at radius 3 is 3.00 bits per heavy atom. The fourth-order valence-electron chi connectivity index (χ4n) is 0.973. The first-order chi connectivity index (χ1) is 7.22. The molecule has 0 bridgehead atoms. The molecule has 0 heterocycles. The van der Waals surface area contributed by atoms with Gasteiger partial charge in [-0.1, -0.05) is 11.7 Å². The van der Waals surface area contributed by atoms with Gasteiger partial charge in [0, 0.05) is 16.3 Å². The Kier molecular flexibility index (Phi) is 4.96. The number of rotatable bonds is 5. The molecule has 82 valence electrons. The zero-order valence-corrected chi connectivity index (χ0v) is 8.92. The average Bonchev–Trinajstić information content (AvgIpc) is 2.18. The summed E-state index contributed by atoms with van der Waals surface area (Å²) in [5.74, 6) is 5.06. The quantitative estimate of drug-likeness (QED) is 0.296. The number of nitrogens with two attached hydrogens (primary N) is 2. The van der Waals surface area contributed by atoms with Crippen LogP contribution < -0.4 is 17.2 Å². The molecule has 1 rings (SSSR count). The molecule has 5 nitrogen and oxygen atoms in total. The Morgan fingerprint density at radius 2 is 2.33 bits per heavy atom. The highest BCUT2D eigenvalue weighted by Crippen LogP contribution is 2.20. The van der Waals surface area contributed by atoms with E-state index in [2.05, 4.69) is 4.84 Å². The molecule has 0 aliphatic rings. The number of carbonyl (C=O) groups is 1. The minimum absolute atomic E-state index is 0.295. The van der Waals surface area contributed by atoms with Gasteiger partial charge in [-0.15, -0.1) is 11.8 Å². The maximum atomic E-state index is 10.9. The molecule has 0 amide bonds. The standard InChI is InChI=1S/C9H13N3O2S/c10-7-2-1-3-8(6-7)15-5-4-9(13)14-12-11/h1-3,6,12H,4-5,10-11H2. The topological polar surface area (TPSA) is 90.4 Å². The Labute approximate surface area is 92.1 Å². The van der Waals surface area contributed by atoms with E-state index >= 15 is 0 Å². The number of nitrogens with one attached hydrogen (secondary N) is 1. The molecule has 0 aliphatic heterocycles. The molecule has 1 aromatic rings. The van der Waals surface area contributed by atoms with Crippen molar-refractivity contribution in [3.63, 3.8) is 0 Å². The Bertz CT molecular complexity index is 333. The van der Waals surface area contributed by atoms with E-state index in [1.54, 1.807) is 0 Å². The number of hydrogen-bond donors (Lipinski definition) is 3. The summed E-state index contributed by atoms with van der Waals surface area (Å²) in [6.45, 7) is 0. The normalized spacial score (nSPS) is 9.93. The molecule has 0 aromatic heterocycles. The van der Waals surface area contributed by atoms with Crippen LogP contribution in [0, 0.1) is 0 Å². The minimum atomic E-state index is -0.381. The number of hydrogen-bond acceptors (Lipinski definition) is 6. The average molecular weight is 227 g/mol. The van der Waals surface area contributed by atoms with Gasteiger partial charge in [0.15, 0.2) is 0 Å². The van der Waals surface area contributed by atoms with Crippen molar-refractivity contribution in [2.45, 2.75) is 11.3 Å². The van der Waals surface area contributed by atoms with Crippen LogP contribution in [0.1, 0.15) is 6.42 Å². The van der Waals surface area contributed by atoms with Crippen LogP contribution in [-0.2, 0) is 9.63 Å². The summed E-state index contributed by atoms with van der Waals surface area (Å²) in [6.07, 6.45) is 0.295. The molecule has 15 heavy (non-hydrogen) atoms. The number of anilines is 1. The van der Waals surface area contributed by atoms with Gasteiger partial charge in [0.25, 0.3) is 0 Å². The van der Waals surface area contributed by atoms with E-state index in [-0.39, 0.29) is 5.97 Å². The second-order valence-corrected chi connectivity index (χ2v) is 3.93. The molecule has 0 aliphatic carbocycles. The van der Waals surface area contributed by atoms with E-state index in [1.165, 1.54) is 11.8 Å². The molecule has 0 atom stereocenters. The van der Waals surface area contributed by atoms with Crippen LogP contribution in [0.2, 0.25) is 0 Å². The summed E-state index contributed by atoms with van der Waals surface area (Å²) >= 11 is 1.54. The Morgan fingerprint density at radius 1 is 1.53 bits per heavy atom. The molecule has 0 saturated heterocycles. The summed E-state index contributed by atoms with van der Waals surface area (Å²) in [6, 6.07) is 7.48. The smallest absolute Gasteiger partial charge is 0.327 e. The van der Waals surface area contributed by atoms with E-state index in [1.807, 2.05) is 29.9 Å². The lowest BCUT2D eigenvalue weighted by atomic mass is 10.3. The van der Waals surface area contributed by atoms with E-state index in [9.17, 15) is 4.79 Å². The maximum absolute atomic E-state index is 10.9. The van der Waals surface area contributed by atoms with Crippen molar-refractivity contribution in [2.75, 3.05) is 11.5 Å². The third-order valence-electron chi connectivity index (χ3n) is 1.61. The first-order valence-corrected chi connectivity index (χ1v) is 5.34. The third kappa shape index (κ3) is 4.68. The van der Waals surface area contributed by atoms with Crippen molar-refractivity contribution in [1.29, 1.82) is 0 Å². The zero-order chi connectivity index (χ0) is 11.1. The Balaban J connectivity index is 2.28. The zero-order valence-electron chi connectivity index (χ0n) is 8.10. The summed E-state index contributed by atoms with van der Waals surface area (Å²) in [7, 11) is 0. The number of thioether (sulfide) groups is 1. The van der Waals surface area contributed by atoms with Gasteiger partial charge in [-0.05, 0) is 18.2 Å². The van der Waals surface area contributed by atoms with Gasteiger partial charge >= 0.3 is 5.97 Å². The van der Waals surface area contributed by atoms with Crippen molar-refractivity contribution in [1.82, 2.24) is 5.59 Å². The lowest BCUT2D eigenvalue weighted by Crippen LogP contribution is -2.26. The maximum Gasteiger partial charge on any atom is 0.327 e. The monoisotopic (exact) mass is 227 g/mol. The second kappa shape index (κ2) is 6.28. The number of carbonyl (C=O) groups excluding carboxylic acids is 1. The highest BCUT2D eigenvalue weighted by Gasteiger charge is 2.02. The molecule has 0 unspecified atom stereocenters. The van der Waals surface area contributed by atoms with Gasteiger partial charge in [-0.3, -0.25) is 4.79 Å². The van der Waals surface area contributed by atoms with Crippen molar-refractivity contribution in [3.05, 3.63) is 24.3 Å². The number of hydrazine groups is 1. The first-order valence-electron chi connectivity index (χ1n) is 4.36. The molecule has 0 fully saturated rings. The van der Waals surface area contributed by atoms with E-state index in [0.717, 1.165) is 4.90 Å². The lowest BCUT2D eigenvalue weighted by molar-refractivity contribution is -0.150. The predicted molar refractivity (Wildman–Crippen MR) is 59.6 cm³/mol. The number of benzene rings is 1. The molecule has 0 spiro atoms. The van der Waals surface area contributed by atoms with Gasteiger partial charge in [-0.2, -0.15) is 0 Å². The van der Waals surface area contributed by atoms with Crippen LogP contribution in [0.3, 0.4) is 0 Å². The van der Waals surface area contributed by atoms with E-state index < -0.39 is 0 Å². The predicted octanol–water partition coefficient (Wildman–Crippen LogP) is 0.672. The van der Waals surface area contributed by atoms with Gasteiger partial charge in [0.05, 0.1) is 6.42 Å². The van der Waals surface area contributed by atoms with Crippen LogP contribution in [0.25, 0.3) is 0 Å². The van der Waals surface area contributed by atoms with Crippen LogP contribution >= 0.6 is 11.8 Å². The Hall–Kier alpha value is -1.24. The van der Waals surface area contributed by atoms with Gasteiger partial charge < -0.3 is 10.6 Å². The summed E-state index contributed by atoms with van der Waals surface area (Å²) in [4.78, 5) is 16.3. The molecule has 1 aromatic carbocycles. The first kappa shape index (κ1) is 11.8. The SMILES string of the molecule is NNOC(=O)CCSc1cccc(N)c1. The summed E-state index contributed by atoms with van der Waals surface area (Å²) < 4.78 is 0. The van der Waals surface area contributed by atoms with Crippen molar-refractivity contribution in [3.8, 4) is 0 Å². The van der Waals surface area contributed by atoms with E-state index in [4.69, 9.17) is 11.6 Å². The molecular weight excluding hydrogens is 214 g/mol. The largest absolute Gasteiger partial charge is 0.399 e. The summed E-state index contributed by atoms with van der Waals surface area (Å²) in [5.41, 5.74) is 8.17. The van der Waals surface area contributed by atoms with Crippen LogP contribution in [-0.4, -0.2) is 11.7 Å². The van der Waals surface area contributed by atoms with Crippen molar-refractivity contribution in [2.24, 2.45) is 5.84 Å². The van der Waals surface area contributed by atoms with Crippen LogP contribution in [0.5, 0.6) is 0 Å². The van der Waals surface area contributed by atoms with Crippen molar-refractivity contribution < 1.29 is 9.63 Å². The molecule has 6 heteroatoms. The lowest BCUT2D eigenvalue weighted by Gasteiger charge is -2.02. The van der Waals surface area contributed by atoms with Crippen molar-refractivity contribution >= 4 is 23.4 Å². The number of nitrogen functional groups attached to an aromatic ring is 1. The van der Waals surface area contributed by atoms with Crippen LogP contribution in [0.15, 0.2) is 29.2 Å². The second-order valence-electron chi connectivity index (χ2n) is 2.76. The fourth-order valence-corrected chi connectivity index (χ4v) is 1.87. The molecule has 0 saturated carbocycles.